The fraction of sp³-hybridized carbons (Fsp3) is 0.333. The smallest absolute Gasteiger partial charge is 0.259 e. The molecule has 0 atom stereocenters. The molecule has 5 nitrogen and oxygen atoms in total. The van der Waals surface area contributed by atoms with Gasteiger partial charge in [-0.2, -0.15) is 0 Å². The van der Waals surface area contributed by atoms with Gasteiger partial charge in [-0.15, -0.1) is 0 Å². The van der Waals surface area contributed by atoms with Gasteiger partial charge in [0.05, 0.1) is 12.1 Å². The van der Waals surface area contributed by atoms with Gasteiger partial charge in [0.1, 0.15) is 23.8 Å². The Morgan fingerprint density at radius 1 is 0.964 bits per heavy atom. The lowest BCUT2D eigenvalue weighted by atomic mass is 9.88. The van der Waals surface area contributed by atoms with Gasteiger partial charge < -0.3 is 14.5 Å². The number of para-hydroxylation sites is 1. The highest BCUT2D eigenvalue weighted by Crippen LogP contribution is 2.33. The Balaban J connectivity index is 1.47. The fourth-order valence-corrected chi connectivity index (χ4v) is 3.84. The molecular formula is C21H20F2N2O3. The summed E-state index contributed by atoms with van der Waals surface area (Å²) in [6, 6.07) is 12.8. The molecule has 0 bridgehead atoms. The first-order valence-corrected chi connectivity index (χ1v) is 9.22. The third kappa shape index (κ3) is 3.38. The molecule has 2 fully saturated rings. The van der Waals surface area contributed by atoms with E-state index in [1.165, 1.54) is 11.0 Å². The van der Waals surface area contributed by atoms with Crippen molar-refractivity contribution in [3.63, 3.8) is 0 Å². The topological polar surface area (TPSA) is 49.9 Å². The fourth-order valence-electron chi connectivity index (χ4n) is 3.84. The largest absolute Gasteiger partial charge is 0.363 e. The van der Waals surface area contributed by atoms with Crippen LogP contribution in [0, 0.1) is 11.6 Å². The first-order valence-electron chi connectivity index (χ1n) is 9.22. The molecular weight excluding hydrogens is 366 g/mol. The SMILES string of the molecule is O=C(c1c(F)cccc1F)N1CCC2(CC1)CN(c1ccccc1)C(=O)CO2. The predicted octanol–water partition coefficient (Wildman–Crippen LogP) is 3.00. The Hall–Kier alpha value is -2.80. The van der Waals surface area contributed by atoms with E-state index in [2.05, 4.69) is 0 Å². The first-order chi connectivity index (χ1) is 13.5. The molecule has 2 heterocycles. The van der Waals surface area contributed by atoms with Crippen molar-refractivity contribution in [2.45, 2.75) is 18.4 Å². The molecule has 2 amide bonds. The monoisotopic (exact) mass is 386 g/mol. The van der Waals surface area contributed by atoms with Gasteiger partial charge in [-0.3, -0.25) is 9.59 Å². The van der Waals surface area contributed by atoms with Crippen LogP contribution in [0.25, 0.3) is 0 Å². The Bertz CT molecular complexity index is 876. The summed E-state index contributed by atoms with van der Waals surface area (Å²) in [5.74, 6) is -2.49. The quantitative estimate of drug-likeness (QED) is 0.797. The zero-order valence-electron chi connectivity index (χ0n) is 15.2. The minimum absolute atomic E-state index is 0.0230. The second-order valence-electron chi connectivity index (χ2n) is 7.18. The van der Waals surface area contributed by atoms with E-state index >= 15 is 0 Å². The van der Waals surface area contributed by atoms with Crippen LogP contribution in [-0.2, 0) is 9.53 Å². The third-order valence-corrected chi connectivity index (χ3v) is 5.46. The Labute approximate surface area is 161 Å². The predicted molar refractivity (Wildman–Crippen MR) is 99.0 cm³/mol. The molecule has 0 unspecified atom stereocenters. The lowest BCUT2D eigenvalue weighted by Gasteiger charge is -2.47. The number of halogens is 2. The lowest BCUT2D eigenvalue weighted by Crippen LogP contribution is -2.59. The summed E-state index contributed by atoms with van der Waals surface area (Å²) >= 11 is 0. The van der Waals surface area contributed by atoms with Gasteiger partial charge in [-0.25, -0.2) is 8.78 Å². The number of carbonyl (C=O) groups excluding carboxylic acids is 2. The number of nitrogens with zero attached hydrogens (tertiary/aromatic N) is 2. The van der Waals surface area contributed by atoms with Crippen LogP contribution >= 0.6 is 0 Å². The van der Waals surface area contributed by atoms with Crippen molar-refractivity contribution in [3.05, 3.63) is 65.7 Å². The second-order valence-corrected chi connectivity index (χ2v) is 7.18. The van der Waals surface area contributed by atoms with E-state index in [0.29, 0.717) is 32.5 Å². The summed E-state index contributed by atoms with van der Waals surface area (Å²) in [6.07, 6.45) is 0.983. The number of ether oxygens (including phenoxy) is 1. The van der Waals surface area contributed by atoms with E-state index in [-0.39, 0.29) is 12.5 Å². The van der Waals surface area contributed by atoms with E-state index in [0.717, 1.165) is 17.8 Å². The summed E-state index contributed by atoms with van der Waals surface area (Å²) in [5.41, 5.74) is -0.278. The van der Waals surface area contributed by atoms with Gasteiger partial charge in [0.2, 0.25) is 0 Å². The maximum Gasteiger partial charge on any atom is 0.259 e. The zero-order valence-corrected chi connectivity index (χ0v) is 15.2. The summed E-state index contributed by atoms with van der Waals surface area (Å²) < 4.78 is 33.7. The average molecular weight is 386 g/mol. The number of rotatable bonds is 2. The highest BCUT2D eigenvalue weighted by Gasteiger charge is 2.43. The summed E-state index contributed by atoms with van der Waals surface area (Å²) in [5, 5.41) is 0. The maximum absolute atomic E-state index is 13.9. The van der Waals surface area contributed by atoms with Crippen LogP contribution in [-0.4, -0.2) is 48.6 Å². The molecule has 7 heteroatoms. The minimum Gasteiger partial charge on any atom is -0.363 e. The van der Waals surface area contributed by atoms with Crippen LogP contribution in [0.4, 0.5) is 14.5 Å². The number of piperidine rings is 1. The molecule has 0 aromatic heterocycles. The molecule has 4 rings (SSSR count). The normalized spacial score (nSPS) is 19.1. The molecule has 1 spiro atoms. The number of likely N-dealkylation sites (tertiary alicyclic amines) is 1. The number of hydrogen-bond acceptors (Lipinski definition) is 3. The van der Waals surface area contributed by atoms with E-state index in [4.69, 9.17) is 4.74 Å². The number of hydrogen-bond donors (Lipinski definition) is 0. The van der Waals surface area contributed by atoms with E-state index in [9.17, 15) is 18.4 Å². The summed E-state index contributed by atoms with van der Waals surface area (Å²) in [6.45, 7) is 0.990. The molecule has 0 radical (unpaired) electrons. The van der Waals surface area contributed by atoms with Crippen molar-refractivity contribution in [1.82, 2.24) is 4.90 Å². The molecule has 146 valence electrons. The van der Waals surface area contributed by atoms with Crippen molar-refractivity contribution in [3.8, 4) is 0 Å². The van der Waals surface area contributed by atoms with E-state index in [1.54, 1.807) is 4.90 Å². The average Bonchev–Trinajstić information content (AvgIpc) is 2.71. The van der Waals surface area contributed by atoms with Crippen LogP contribution in [0.5, 0.6) is 0 Å². The second kappa shape index (κ2) is 7.31. The van der Waals surface area contributed by atoms with Crippen molar-refractivity contribution in [1.29, 1.82) is 0 Å². The van der Waals surface area contributed by atoms with Crippen LogP contribution in [0.3, 0.4) is 0 Å². The number of carbonyl (C=O) groups is 2. The van der Waals surface area contributed by atoms with Gasteiger partial charge in [0, 0.05) is 18.8 Å². The van der Waals surface area contributed by atoms with Crippen LogP contribution in [0.1, 0.15) is 23.2 Å². The maximum atomic E-state index is 13.9. The van der Waals surface area contributed by atoms with Gasteiger partial charge in [-0.05, 0) is 37.1 Å². The molecule has 0 saturated carbocycles. The van der Waals surface area contributed by atoms with E-state index < -0.39 is 28.7 Å². The first kappa shape index (κ1) is 18.6. The Morgan fingerprint density at radius 3 is 2.25 bits per heavy atom. The zero-order chi connectivity index (χ0) is 19.7. The number of morpholine rings is 1. The standard InChI is InChI=1S/C21H20F2N2O3/c22-16-7-4-8-17(23)19(16)20(27)24-11-9-21(10-12-24)14-25(18(26)13-28-21)15-5-2-1-3-6-15/h1-8H,9-14H2. The molecule has 2 saturated heterocycles. The number of anilines is 1. The Morgan fingerprint density at radius 2 is 1.61 bits per heavy atom. The van der Waals surface area contributed by atoms with Crippen LogP contribution in [0.2, 0.25) is 0 Å². The summed E-state index contributed by atoms with van der Waals surface area (Å²) in [4.78, 5) is 28.0. The molecule has 2 aliphatic heterocycles. The van der Waals surface area contributed by atoms with Gasteiger partial charge in [-0.1, -0.05) is 24.3 Å². The lowest BCUT2D eigenvalue weighted by molar-refractivity contribution is -0.143. The Kier molecular flexibility index (Phi) is 4.85. The van der Waals surface area contributed by atoms with E-state index in [1.807, 2.05) is 30.3 Å². The summed E-state index contributed by atoms with van der Waals surface area (Å²) in [7, 11) is 0. The molecule has 0 aliphatic carbocycles. The van der Waals surface area contributed by atoms with Crippen LogP contribution < -0.4 is 4.90 Å². The molecule has 2 aromatic rings. The highest BCUT2D eigenvalue weighted by molar-refractivity contribution is 5.96. The van der Waals surface area contributed by atoms with Crippen molar-refractivity contribution < 1.29 is 23.1 Å². The molecule has 0 N–H and O–H groups in total. The number of amides is 2. The molecule has 2 aromatic carbocycles. The van der Waals surface area contributed by atoms with Crippen molar-refractivity contribution >= 4 is 17.5 Å². The van der Waals surface area contributed by atoms with Gasteiger partial charge in [0.15, 0.2) is 0 Å². The van der Waals surface area contributed by atoms with Gasteiger partial charge in [0.25, 0.3) is 11.8 Å². The minimum atomic E-state index is -0.861. The molecule has 2 aliphatic rings. The van der Waals surface area contributed by atoms with Crippen molar-refractivity contribution in [2.24, 2.45) is 0 Å². The van der Waals surface area contributed by atoms with Crippen LogP contribution in [0.15, 0.2) is 48.5 Å². The van der Waals surface area contributed by atoms with Crippen molar-refractivity contribution in [2.75, 3.05) is 31.1 Å². The third-order valence-electron chi connectivity index (χ3n) is 5.46. The number of benzene rings is 2. The van der Waals surface area contributed by atoms with Gasteiger partial charge >= 0.3 is 0 Å². The highest BCUT2D eigenvalue weighted by atomic mass is 19.1. The molecule has 28 heavy (non-hydrogen) atoms.